The van der Waals surface area contributed by atoms with Gasteiger partial charge in [0.1, 0.15) is 0 Å². The highest BCUT2D eigenvalue weighted by atomic mass is 32.2. The Morgan fingerprint density at radius 1 is 1.30 bits per heavy atom. The first-order chi connectivity index (χ1) is 9.49. The van der Waals surface area contributed by atoms with Crippen molar-refractivity contribution < 1.29 is 13.3 Å². The van der Waals surface area contributed by atoms with Gasteiger partial charge in [0.25, 0.3) is 5.69 Å². The van der Waals surface area contributed by atoms with Crippen LogP contribution in [0.3, 0.4) is 0 Å². The number of hydrogen-bond acceptors (Lipinski definition) is 5. The molecule has 110 valence electrons. The van der Waals surface area contributed by atoms with Crippen molar-refractivity contribution in [3.63, 3.8) is 0 Å². The van der Waals surface area contributed by atoms with Gasteiger partial charge in [-0.3, -0.25) is 10.1 Å². The quantitative estimate of drug-likeness (QED) is 0.624. The number of rotatable bonds is 5. The Bertz CT molecular complexity index is 565. The summed E-state index contributed by atoms with van der Waals surface area (Å²) >= 11 is 0. The predicted octanol–water partition coefficient (Wildman–Crippen LogP) is 1.02. The largest absolute Gasteiger partial charge is 0.313 e. The van der Waals surface area contributed by atoms with Gasteiger partial charge in [-0.25, -0.2) is 13.1 Å². The summed E-state index contributed by atoms with van der Waals surface area (Å²) in [7, 11) is -3.61. The normalized spacial score (nSPS) is 19.7. The average Bonchev–Trinajstić information content (AvgIpc) is 2.46. The Morgan fingerprint density at radius 3 is 2.55 bits per heavy atom. The lowest BCUT2D eigenvalue weighted by Gasteiger charge is -2.23. The second-order valence-electron chi connectivity index (χ2n) is 4.75. The molecule has 8 heteroatoms. The molecule has 0 spiro atoms. The molecule has 1 fully saturated rings. The molecule has 1 heterocycles. The minimum atomic E-state index is -3.61. The van der Waals surface area contributed by atoms with Crippen molar-refractivity contribution in [2.75, 3.05) is 13.1 Å². The first kappa shape index (κ1) is 14.9. The number of nitrogens with one attached hydrogen (secondary N) is 2. The molecule has 0 radical (unpaired) electrons. The number of hydrogen-bond donors (Lipinski definition) is 2. The minimum absolute atomic E-state index is 0.0407. The Balaban J connectivity index is 2.00. The van der Waals surface area contributed by atoms with Crippen molar-refractivity contribution in [3.05, 3.63) is 34.4 Å². The van der Waals surface area contributed by atoms with Crippen LogP contribution in [0, 0.1) is 10.1 Å². The van der Waals surface area contributed by atoms with E-state index >= 15 is 0 Å². The molecule has 1 aliphatic heterocycles. The minimum Gasteiger partial charge on any atom is -0.313 e. The van der Waals surface area contributed by atoms with Crippen LogP contribution in [0.1, 0.15) is 19.3 Å². The highest BCUT2D eigenvalue weighted by Gasteiger charge is 2.19. The fraction of sp³-hybridized carbons (Fsp3) is 0.500. The summed E-state index contributed by atoms with van der Waals surface area (Å²) in [5.74, 6) is 0. The second kappa shape index (κ2) is 6.29. The number of nitro benzene ring substituents is 1. The van der Waals surface area contributed by atoms with E-state index in [2.05, 4.69) is 10.0 Å². The summed E-state index contributed by atoms with van der Waals surface area (Å²) in [6.07, 6.45) is 3.16. The number of benzene rings is 1. The van der Waals surface area contributed by atoms with Gasteiger partial charge in [0, 0.05) is 24.7 Å². The van der Waals surface area contributed by atoms with E-state index < -0.39 is 14.9 Å². The van der Waals surface area contributed by atoms with Crippen molar-refractivity contribution in [1.29, 1.82) is 0 Å². The van der Waals surface area contributed by atoms with Crippen molar-refractivity contribution in [3.8, 4) is 0 Å². The molecule has 1 aromatic carbocycles. The number of non-ortho nitro benzene ring substituents is 1. The van der Waals surface area contributed by atoms with Crippen LogP contribution in [0.2, 0.25) is 0 Å². The fourth-order valence-electron chi connectivity index (χ4n) is 2.14. The van der Waals surface area contributed by atoms with Crippen molar-refractivity contribution >= 4 is 15.7 Å². The van der Waals surface area contributed by atoms with Crippen LogP contribution in [-0.4, -0.2) is 32.5 Å². The van der Waals surface area contributed by atoms with E-state index in [-0.39, 0.29) is 16.6 Å². The maximum Gasteiger partial charge on any atom is 0.269 e. The summed E-state index contributed by atoms with van der Waals surface area (Å²) < 4.78 is 26.6. The summed E-state index contributed by atoms with van der Waals surface area (Å²) in [4.78, 5) is 10.0. The third-order valence-corrected chi connectivity index (χ3v) is 4.73. The van der Waals surface area contributed by atoms with E-state index in [0.717, 1.165) is 25.8 Å². The van der Waals surface area contributed by atoms with E-state index in [9.17, 15) is 18.5 Å². The Labute approximate surface area is 117 Å². The zero-order valence-electron chi connectivity index (χ0n) is 10.9. The number of nitrogens with zero attached hydrogens (tertiary/aromatic N) is 1. The lowest BCUT2D eigenvalue weighted by Crippen LogP contribution is -2.43. The zero-order chi connectivity index (χ0) is 14.6. The zero-order valence-corrected chi connectivity index (χ0v) is 11.7. The summed E-state index contributed by atoms with van der Waals surface area (Å²) in [5.41, 5.74) is -0.127. The molecule has 0 saturated carbocycles. The monoisotopic (exact) mass is 299 g/mol. The Kier molecular flexibility index (Phi) is 4.69. The first-order valence-corrected chi connectivity index (χ1v) is 7.95. The Morgan fingerprint density at radius 2 is 2.00 bits per heavy atom. The lowest BCUT2D eigenvalue weighted by molar-refractivity contribution is -0.384. The van der Waals surface area contributed by atoms with Gasteiger partial charge in [-0.05, 0) is 31.5 Å². The van der Waals surface area contributed by atoms with Gasteiger partial charge >= 0.3 is 0 Å². The molecular formula is C12H17N3O4S. The molecule has 0 bridgehead atoms. The molecule has 1 saturated heterocycles. The third-order valence-electron chi connectivity index (χ3n) is 3.29. The highest BCUT2D eigenvalue weighted by molar-refractivity contribution is 7.89. The van der Waals surface area contributed by atoms with E-state index in [0.29, 0.717) is 6.54 Å². The Hall–Kier alpha value is -1.51. The first-order valence-electron chi connectivity index (χ1n) is 6.46. The van der Waals surface area contributed by atoms with Gasteiger partial charge < -0.3 is 5.32 Å². The van der Waals surface area contributed by atoms with Gasteiger partial charge in [-0.2, -0.15) is 0 Å². The molecule has 1 aliphatic rings. The molecule has 1 aromatic rings. The van der Waals surface area contributed by atoms with Gasteiger partial charge in [0.05, 0.1) is 9.82 Å². The topological polar surface area (TPSA) is 101 Å². The number of nitro groups is 1. The van der Waals surface area contributed by atoms with E-state index in [1.165, 1.54) is 24.3 Å². The van der Waals surface area contributed by atoms with Gasteiger partial charge in [-0.1, -0.05) is 6.42 Å². The highest BCUT2D eigenvalue weighted by Crippen LogP contribution is 2.16. The van der Waals surface area contributed by atoms with E-state index in [1.807, 2.05) is 0 Å². The molecule has 1 unspecified atom stereocenters. The van der Waals surface area contributed by atoms with Gasteiger partial charge in [-0.15, -0.1) is 0 Å². The van der Waals surface area contributed by atoms with Gasteiger partial charge in [0.15, 0.2) is 0 Å². The van der Waals surface area contributed by atoms with Crippen molar-refractivity contribution in [1.82, 2.24) is 10.0 Å². The second-order valence-corrected chi connectivity index (χ2v) is 6.52. The molecule has 0 aromatic heterocycles. The number of sulfonamides is 1. The lowest BCUT2D eigenvalue weighted by atomic mass is 10.1. The third kappa shape index (κ3) is 3.75. The van der Waals surface area contributed by atoms with E-state index in [4.69, 9.17) is 0 Å². The molecule has 20 heavy (non-hydrogen) atoms. The maximum absolute atomic E-state index is 12.0. The van der Waals surface area contributed by atoms with Crippen molar-refractivity contribution in [2.24, 2.45) is 0 Å². The molecule has 0 amide bonds. The molecule has 2 N–H and O–H groups in total. The summed E-state index contributed by atoms with van der Waals surface area (Å²) in [6.45, 7) is 1.24. The molecule has 0 aliphatic carbocycles. The van der Waals surface area contributed by atoms with Gasteiger partial charge in [0.2, 0.25) is 10.0 Å². The maximum atomic E-state index is 12.0. The summed E-state index contributed by atoms with van der Waals surface area (Å²) in [6, 6.07) is 5.02. The molecule has 7 nitrogen and oxygen atoms in total. The van der Waals surface area contributed by atoms with Crippen LogP contribution in [0.5, 0.6) is 0 Å². The van der Waals surface area contributed by atoms with Crippen LogP contribution in [0.4, 0.5) is 5.69 Å². The van der Waals surface area contributed by atoms with Crippen molar-refractivity contribution in [2.45, 2.75) is 30.2 Å². The fourth-order valence-corrected chi connectivity index (χ4v) is 3.22. The molecular weight excluding hydrogens is 282 g/mol. The standard InChI is InChI=1S/C12H17N3O4S/c16-15(17)11-4-6-12(7-5-11)20(18,19)14-9-10-3-1-2-8-13-10/h4-7,10,13-14H,1-3,8-9H2. The average molecular weight is 299 g/mol. The molecule has 1 atom stereocenters. The predicted molar refractivity (Wildman–Crippen MR) is 73.9 cm³/mol. The van der Waals surface area contributed by atoms with Crippen LogP contribution in [0.15, 0.2) is 29.2 Å². The van der Waals surface area contributed by atoms with E-state index in [1.54, 1.807) is 0 Å². The smallest absolute Gasteiger partial charge is 0.269 e. The molecule has 2 rings (SSSR count). The van der Waals surface area contributed by atoms with Crippen LogP contribution in [-0.2, 0) is 10.0 Å². The van der Waals surface area contributed by atoms with Crippen LogP contribution in [0.25, 0.3) is 0 Å². The van der Waals surface area contributed by atoms with Crippen LogP contribution >= 0.6 is 0 Å². The number of piperidine rings is 1. The summed E-state index contributed by atoms with van der Waals surface area (Å²) in [5, 5.41) is 13.8. The van der Waals surface area contributed by atoms with Crippen LogP contribution < -0.4 is 10.0 Å². The SMILES string of the molecule is O=[N+]([O-])c1ccc(S(=O)(=O)NCC2CCCCN2)cc1.